The lowest BCUT2D eigenvalue weighted by Gasteiger charge is -2.61. The smallest absolute Gasteiger partial charge is 0.139 e. The van der Waals surface area contributed by atoms with Crippen LogP contribution in [0.5, 0.6) is 0 Å². The maximum Gasteiger partial charge on any atom is 0.139 e. The Labute approximate surface area is 141 Å². The van der Waals surface area contributed by atoms with E-state index in [2.05, 4.69) is 20.8 Å². The van der Waals surface area contributed by atoms with Gasteiger partial charge in [0.15, 0.2) is 0 Å². The summed E-state index contributed by atoms with van der Waals surface area (Å²) in [5, 5.41) is 10.8. The molecule has 130 valence electrons. The number of rotatable bonds is 1. The van der Waals surface area contributed by atoms with Gasteiger partial charge in [0, 0.05) is 11.8 Å². The summed E-state index contributed by atoms with van der Waals surface area (Å²) in [4.78, 5) is 12.5. The van der Waals surface area contributed by atoms with E-state index in [-0.39, 0.29) is 5.41 Å². The van der Waals surface area contributed by atoms with Crippen LogP contribution in [-0.4, -0.2) is 16.5 Å². The highest BCUT2D eigenvalue weighted by atomic mass is 16.3. The Morgan fingerprint density at radius 3 is 2.57 bits per heavy atom. The van der Waals surface area contributed by atoms with Crippen LogP contribution in [0.2, 0.25) is 0 Å². The zero-order valence-electron chi connectivity index (χ0n) is 15.2. The van der Waals surface area contributed by atoms with Crippen molar-refractivity contribution in [3.63, 3.8) is 0 Å². The molecular formula is C21H34O2. The Kier molecular flexibility index (Phi) is 3.55. The van der Waals surface area contributed by atoms with E-state index < -0.39 is 5.60 Å². The van der Waals surface area contributed by atoms with Gasteiger partial charge in [0.25, 0.3) is 0 Å². The minimum atomic E-state index is -0.399. The van der Waals surface area contributed by atoms with Crippen molar-refractivity contribution in [2.75, 3.05) is 0 Å². The number of carbonyl (C=O) groups is 1. The average molecular weight is 319 g/mol. The van der Waals surface area contributed by atoms with E-state index in [0.29, 0.717) is 23.0 Å². The van der Waals surface area contributed by atoms with Crippen LogP contribution in [0.25, 0.3) is 0 Å². The summed E-state index contributed by atoms with van der Waals surface area (Å²) in [7, 11) is 0. The predicted octanol–water partition coefficient (Wildman–Crippen LogP) is 4.74. The van der Waals surface area contributed by atoms with Gasteiger partial charge in [-0.2, -0.15) is 0 Å². The number of Topliss-reactive ketones (excluding diaryl/α,β-unsaturated/α-hetero) is 1. The molecule has 4 saturated carbocycles. The lowest BCUT2D eigenvalue weighted by Crippen LogP contribution is -2.55. The van der Waals surface area contributed by atoms with Crippen molar-refractivity contribution in [1.29, 1.82) is 0 Å². The van der Waals surface area contributed by atoms with Gasteiger partial charge in [-0.05, 0) is 86.9 Å². The summed E-state index contributed by atoms with van der Waals surface area (Å²) in [5.74, 6) is 3.47. The first kappa shape index (κ1) is 16.1. The molecule has 1 N–H and O–H groups in total. The first-order valence-electron chi connectivity index (χ1n) is 10.1. The molecule has 0 aromatic rings. The molecule has 4 rings (SSSR count). The second-order valence-corrected chi connectivity index (χ2v) is 9.86. The van der Waals surface area contributed by atoms with Crippen molar-refractivity contribution in [3.05, 3.63) is 0 Å². The molecule has 1 unspecified atom stereocenters. The number of hydrogen-bond donors (Lipinski definition) is 1. The van der Waals surface area contributed by atoms with Crippen LogP contribution in [0.4, 0.5) is 0 Å². The van der Waals surface area contributed by atoms with Crippen LogP contribution in [0.15, 0.2) is 0 Å². The third-order valence-electron chi connectivity index (χ3n) is 9.19. The summed E-state index contributed by atoms with van der Waals surface area (Å²) >= 11 is 0. The van der Waals surface area contributed by atoms with Gasteiger partial charge >= 0.3 is 0 Å². The van der Waals surface area contributed by atoms with Crippen LogP contribution in [0, 0.1) is 34.5 Å². The molecule has 0 aliphatic heterocycles. The zero-order valence-corrected chi connectivity index (χ0v) is 15.2. The number of fused-ring (bicyclic) bond motifs is 5. The molecule has 2 nitrogen and oxygen atoms in total. The molecule has 0 saturated heterocycles. The first-order chi connectivity index (χ1) is 10.8. The third-order valence-corrected chi connectivity index (χ3v) is 9.19. The van der Waals surface area contributed by atoms with Gasteiger partial charge in [0.1, 0.15) is 5.78 Å². The van der Waals surface area contributed by atoms with E-state index in [1.54, 1.807) is 0 Å². The third kappa shape index (κ3) is 2.12. The monoisotopic (exact) mass is 318 g/mol. The normalized spacial score (nSPS) is 55.9. The van der Waals surface area contributed by atoms with Crippen molar-refractivity contribution in [3.8, 4) is 0 Å². The van der Waals surface area contributed by atoms with Gasteiger partial charge in [0.2, 0.25) is 0 Å². The lowest BCUT2D eigenvalue weighted by molar-refractivity contribution is -0.154. The standard InChI is InChI=1S/C21H34O2/c1-4-21(23)12-11-19(2)14(13-21)5-6-15-16-7-8-18(22)20(16,3)10-9-17(15)19/h14-17,23H,4-13H2,1-3H3/t14-,15-,16-,17-,19-,20-,21?/m0/s1. The van der Waals surface area contributed by atoms with E-state index in [1.165, 1.54) is 25.7 Å². The molecular weight excluding hydrogens is 284 g/mol. The molecule has 0 amide bonds. The zero-order chi connectivity index (χ0) is 16.5. The van der Waals surface area contributed by atoms with Gasteiger partial charge in [-0.3, -0.25) is 4.79 Å². The molecule has 0 aromatic heterocycles. The molecule has 4 aliphatic carbocycles. The summed E-state index contributed by atoms with van der Waals surface area (Å²) in [6, 6.07) is 0. The summed E-state index contributed by atoms with van der Waals surface area (Å²) in [6.45, 7) is 6.95. The molecule has 7 atom stereocenters. The predicted molar refractivity (Wildman–Crippen MR) is 92.0 cm³/mol. The number of aliphatic hydroxyl groups is 1. The second-order valence-electron chi connectivity index (χ2n) is 9.86. The fourth-order valence-electron chi connectivity index (χ4n) is 7.41. The van der Waals surface area contributed by atoms with Crippen LogP contribution < -0.4 is 0 Å². The Morgan fingerprint density at radius 2 is 1.83 bits per heavy atom. The maximum absolute atomic E-state index is 12.5. The lowest BCUT2D eigenvalue weighted by atomic mass is 9.44. The minimum absolute atomic E-state index is 0.00316. The molecule has 4 fully saturated rings. The Hall–Kier alpha value is -0.370. The van der Waals surface area contributed by atoms with Crippen LogP contribution in [0.1, 0.15) is 85.0 Å². The van der Waals surface area contributed by atoms with Gasteiger partial charge in [-0.15, -0.1) is 0 Å². The summed E-state index contributed by atoms with van der Waals surface area (Å²) in [6.07, 6.45) is 11.0. The van der Waals surface area contributed by atoms with Crippen LogP contribution in [0.3, 0.4) is 0 Å². The molecule has 0 aromatic carbocycles. The fourth-order valence-corrected chi connectivity index (χ4v) is 7.41. The van der Waals surface area contributed by atoms with Gasteiger partial charge < -0.3 is 5.11 Å². The highest BCUT2D eigenvalue weighted by molar-refractivity contribution is 5.87. The van der Waals surface area contributed by atoms with Crippen LogP contribution >= 0.6 is 0 Å². The van der Waals surface area contributed by atoms with Crippen LogP contribution in [-0.2, 0) is 4.79 Å². The molecule has 4 aliphatic rings. The van der Waals surface area contributed by atoms with E-state index in [4.69, 9.17) is 0 Å². The second kappa shape index (κ2) is 5.07. The van der Waals surface area contributed by atoms with Crippen molar-refractivity contribution in [2.24, 2.45) is 34.5 Å². The summed E-state index contributed by atoms with van der Waals surface area (Å²) < 4.78 is 0. The summed E-state index contributed by atoms with van der Waals surface area (Å²) in [5.41, 5.74) is 0.0178. The topological polar surface area (TPSA) is 37.3 Å². The van der Waals surface area contributed by atoms with Crippen molar-refractivity contribution in [1.82, 2.24) is 0 Å². The van der Waals surface area contributed by atoms with Gasteiger partial charge in [-0.1, -0.05) is 20.8 Å². The molecule has 2 heteroatoms. The SMILES string of the molecule is CCC1(O)CC[C@@]2(C)[C@@H](CC[C@@H]3[C@@H]2CC[C@]2(C)C(=O)CC[C@@H]32)C1. The van der Waals surface area contributed by atoms with E-state index in [1.807, 2.05) is 0 Å². The molecule has 0 bridgehead atoms. The van der Waals surface area contributed by atoms with Crippen molar-refractivity contribution < 1.29 is 9.90 Å². The quantitative estimate of drug-likeness (QED) is 0.758. The Morgan fingerprint density at radius 1 is 1.04 bits per heavy atom. The fraction of sp³-hybridized carbons (Fsp3) is 0.952. The van der Waals surface area contributed by atoms with Gasteiger partial charge in [-0.25, -0.2) is 0 Å². The number of hydrogen-bond acceptors (Lipinski definition) is 2. The molecule has 0 heterocycles. The van der Waals surface area contributed by atoms with E-state index >= 15 is 0 Å². The van der Waals surface area contributed by atoms with E-state index in [9.17, 15) is 9.90 Å². The Bertz CT molecular complexity index is 514. The highest BCUT2D eigenvalue weighted by Crippen LogP contribution is 2.66. The van der Waals surface area contributed by atoms with E-state index in [0.717, 1.165) is 50.4 Å². The molecule has 23 heavy (non-hydrogen) atoms. The Balaban J connectivity index is 1.61. The minimum Gasteiger partial charge on any atom is -0.390 e. The molecule has 0 radical (unpaired) electrons. The number of carbonyl (C=O) groups excluding carboxylic acids is 1. The van der Waals surface area contributed by atoms with Crippen molar-refractivity contribution >= 4 is 5.78 Å². The largest absolute Gasteiger partial charge is 0.390 e. The average Bonchev–Trinajstić information content (AvgIpc) is 2.84. The van der Waals surface area contributed by atoms with Gasteiger partial charge in [0.05, 0.1) is 5.60 Å². The molecule has 0 spiro atoms. The first-order valence-corrected chi connectivity index (χ1v) is 10.1. The number of ketones is 1. The van der Waals surface area contributed by atoms with Crippen molar-refractivity contribution in [2.45, 2.75) is 90.6 Å². The highest BCUT2D eigenvalue weighted by Gasteiger charge is 2.61. The maximum atomic E-state index is 12.5.